The molecule has 1 heterocycles. The molecule has 5 nitrogen and oxygen atoms in total. The largest absolute Gasteiger partial charge is 0.392 e. The number of amides is 1. The average Bonchev–Trinajstić information content (AvgIpc) is 2.17. The Morgan fingerprint density at radius 2 is 2.36 bits per heavy atom. The van der Waals surface area contributed by atoms with E-state index in [1.54, 1.807) is 7.05 Å². The Kier molecular flexibility index (Phi) is 4.24. The molecule has 1 amide bonds. The zero-order valence-corrected chi connectivity index (χ0v) is 8.88. The molecule has 0 saturated carbocycles. The number of hydrogen-bond acceptors (Lipinski definition) is 4. The number of carbonyl (C=O) groups is 1. The molecule has 1 saturated heterocycles. The van der Waals surface area contributed by atoms with Crippen LogP contribution < -0.4 is 5.73 Å². The van der Waals surface area contributed by atoms with E-state index in [9.17, 15) is 4.79 Å². The van der Waals surface area contributed by atoms with E-state index in [1.165, 1.54) is 4.90 Å². The first-order chi connectivity index (χ1) is 6.61. The normalized spacial score (nSPS) is 21.6. The average molecular weight is 218 g/mol. The van der Waals surface area contributed by atoms with Gasteiger partial charge >= 0.3 is 0 Å². The second-order valence-corrected chi connectivity index (χ2v) is 3.62. The van der Waals surface area contributed by atoms with Gasteiger partial charge in [-0.2, -0.15) is 0 Å². The highest BCUT2D eigenvalue weighted by Gasteiger charge is 2.25. The maximum absolute atomic E-state index is 11.6. The van der Waals surface area contributed by atoms with Crippen molar-refractivity contribution in [2.45, 2.75) is 6.10 Å². The van der Waals surface area contributed by atoms with Gasteiger partial charge in [0.2, 0.25) is 0 Å². The highest BCUT2D eigenvalue weighted by atomic mass is 32.1. The number of nitrogens with two attached hydrogens (primary N) is 1. The summed E-state index contributed by atoms with van der Waals surface area (Å²) in [4.78, 5) is 13.4. The summed E-state index contributed by atoms with van der Waals surface area (Å²) in [6, 6.07) is 0. The highest BCUT2D eigenvalue weighted by molar-refractivity contribution is 7.80. The molecule has 1 atom stereocenters. The molecule has 1 fully saturated rings. The second-order valence-electron chi connectivity index (χ2n) is 3.09. The molecule has 14 heavy (non-hydrogen) atoms. The number of nitrogens with zero attached hydrogens (tertiary/aromatic N) is 1. The monoisotopic (exact) mass is 218 g/mol. The molecule has 0 radical (unpaired) electrons. The Morgan fingerprint density at radius 1 is 1.64 bits per heavy atom. The summed E-state index contributed by atoms with van der Waals surface area (Å²) in [7, 11) is 1.64. The first-order valence-corrected chi connectivity index (χ1v) is 4.74. The lowest BCUT2D eigenvalue weighted by Crippen LogP contribution is -2.45. The third-order valence-corrected chi connectivity index (χ3v) is 1.99. The van der Waals surface area contributed by atoms with E-state index in [-0.39, 0.29) is 17.4 Å². The summed E-state index contributed by atoms with van der Waals surface area (Å²) >= 11 is 4.70. The smallest absolute Gasteiger partial charge is 0.254 e. The molecule has 0 spiro atoms. The number of thiocarbonyl (C=S) groups is 1. The van der Waals surface area contributed by atoms with E-state index in [0.29, 0.717) is 19.8 Å². The third-order valence-electron chi connectivity index (χ3n) is 1.86. The predicted octanol–water partition coefficient (Wildman–Crippen LogP) is -0.854. The van der Waals surface area contributed by atoms with Crippen molar-refractivity contribution in [3.05, 3.63) is 0 Å². The fourth-order valence-electron chi connectivity index (χ4n) is 1.19. The molecule has 0 aliphatic carbocycles. The Hall–Kier alpha value is -0.720. The van der Waals surface area contributed by atoms with E-state index >= 15 is 0 Å². The van der Waals surface area contributed by atoms with Gasteiger partial charge in [0.25, 0.3) is 5.91 Å². The van der Waals surface area contributed by atoms with Crippen molar-refractivity contribution in [3.63, 3.8) is 0 Å². The molecular formula is C8H14N2O3S. The number of ether oxygens (including phenoxy) is 2. The molecule has 0 aromatic rings. The molecule has 0 aromatic heterocycles. The van der Waals surface area contributed by atoms with Crippen LogP contribution in [-0.4, -0.2) is 55.3 Å². The van der Waals surface area contributed by atoms with Crippen molar-refractivity contribution in [1.82, 2.24) is 4.90 Å². The van der Waals surface area contributed by atoms with Crippen LogP contribution >= 0.6 is 12.2 Å². The lowest BCUT2D eigenvalue weighted by molar-refractivity contribution is -0.155. The molecular weight excluding hydrogens is 204 g/mol. The fraction of sp³-hybridized carbons (Fsp3) is 0.750. The molecule has 1 unspecified atom stereocenters. The van der Waals surface area contributed by atoms with Crippen LogP contribution in [-0.2, 0) is 14.3 Å². The van der Waals surface area contributed by atoms with Crippen LogP contribution in [0.25, 0.3) is 0 Å². The van der Waals surface area contributed by atoms with Gasteiger partial charge in [-0.1, -0.05) is 12.2 Å². The van der Waals surface area contributed by atoms with Crippen LogP contribution in [0.1, 0.15) is 0 Å². The van der Waals surface area contributed by atoms with Gasteiger partial charge in [-0.3, -0.25) is 4.79 Å². The second kappa shape index (κ2) is 5.23. The first-order valence-electron chi connectivity index (χ1n) is 4.34. The maximum Gasteiger partial charge on any atom is 0.254 e. The lowest BCUT2D eigenvalue weighted by atomic mass is 10.3. The Morgan fingerprint density at radius 3 is 2.86 bits per heavy atom. The lowest BCUT2D eigenvalue weighted by Gasteiger charge is -2.26. The summed E-state index contributed by atoms with van der Waals surface area (Å²) in [6.45, 7) is 1.58. The summed E-state index contributed by atoms with van der Waals surface area (Å²) in [5.41, 5.74) is 5.33. The number of hydrogen-bond donors (Lipinski definition) is 1. The fourth-order valence-corrected chi connectivity index (χ4v) is 1.38. The number of carbonyl (C=O) groups excluding carboxylic acids is 1. The minimum absolute atomic E-state index is 0.141. The van der Waals surface area contributed by atoms with E-state index in [0.717, 1.165) is 0 Å². The van der Waals surface area contributed by atoms with Crippen molar-refractivity contribution in [1.29, 1.82) is 0 Å². The van der Waals surface area contributed by atoms with Crippen molar-refractivity contribution < 1.29 is 14.3 Å². The van der Waals surface area contributed by atoms with Gasteiger partial charge in [0.05, 0.1) is 31.4 Å². The van der Waals surface area contributed by atoms with Gasteiger partial charge in [-0.15, -0.1) is 0 Å². The molecule has 0 bridgehead atoms. The summed E-state index contributed by atoms with van der Waals surface area (Å²) in [5, 5.41) is 0. The molecule has 80 valence electrons. The van der Waals surface area contributed by atoms with Gasteiger partial charge in [0, 0.05) is 7.05 Å². The standard InChI is InChI=1S/C8H14N2O3S/c1-10(4-7(9)14)8(11)6-5-12-2-3-13-6/h6H,2-5H2,1H3,(H2,9,14). The molecule has 1 aliphatic heterocycles. The minimum Gasteiger partial charge on any atom is -0.392 e. The van der Waals surface area contributed by atoms with Crippen molar-refractivity contribution in [3.8, 4) is 0 Å². The van der Waals surface area contributed by atoms with Gasteiger partial charge in [-0.05, 0) is 0 Å². The SMILES string of the molecule is CN(CC(N)=S)C(=O)C1COCCO1. The zero-order chi connectivity index (χ0) is 10.6. The highest BCUT2D eigenvalue weighted by Crippen LogP contribution is 2.03. The van der Waals surface area contributed by atoms with Gasteiger partial charge in [0.15, 0.2) is 6.10 Å². The minimum atomic E-state index is -0.511. The Bertz CT molecular complexity index is 229. The summed E-state index contributed by atoms with van der Waals surface area (Å²) < 4.78 is 10.4. The first kappa shape index (κ1) is 11.4. The molecule has 0 aromatic carbocycles. The van der Waals surface area contributed by atoms with Crippen LogP contribution in [0, 0.1) is 0 Å². The van der Waals surface area contributed by atoms with Crippen LogP contribution in [0.5, 0.6) is 0 Å². The van der Waals surface area contributed by atoms with Crippen molar-refractivity contribution >= 4 is 23.1 Å². The van der Waals surface area contributed by atoms with Crippen LogP contribution in [0.3, 0.4) is 0 Å². The Labute approximate surface area is 88.1 Å². The van der Waals surface area contributed by atoms with Gasteiger partial charge in [-0.25, -0.2) is 0 Å². The maximum atomic E-state index is 11.6. The van der Waals surface area contributed by atoms with Crippen LogP contribution in [0.2, 0.25) is 0 Å². The van der Waals surface area contributed by atoms with E-state index < -0.39 is 6.10 Å². The quantitative estimate of drug-likeness (QED) is 0.625. The van der Waals surface area contributed by atoms with E-state index in [4.69, 9.17) is 27.4 Å². The summed E-state index contributed by atoms with van der Waals surface area (Å²) in [6.07, 6.45) is -0.511. The number of likely N-dealkylation sites (N-methyl/N-ethyl adjacent to an activating group) is 1. The van der Waals surface area contributed by atoms with Crippen LogP contribution in [0.4, 0.5) is 0 Å². The van der Waals surface area contributed by atoms with E-state index in [2.05, 4.69) is 0 Å². The van der Waals surface area contributed by atoms with Crippen LogP contribution in [0.15, 0.2) is 0 Å². The van der Waals surface area contributed by atoms with Gasteiger partial charge in [0.1, 0.15) is 0 Å². The third kappa shape index (κ3) is 3.21. The van der Waals surface area contributed by atoms with Crippen molar-refractivity contribution in [2.24, 2.45) is 5.73 Å². The topological polar surface area (TPSA) is 64.8 Å². The molecule has 2 N–H and O–H groups in total. The Balaban J connectivity index is 2.42. The van der Waals surface area contributed by atoms with Crippen molar-refractivity contribution in [2.75, 3.05) is 33.4 Å². The molecule has 1 rings (SSSR count). The van der Waals surface area contributed by atoms with Gasteiger partial charge < -0.3 is 20.1 Å². The molecule has 1 aliphatic rings. The number of rotatable bonds is 3. The summed E-state index contributed by atoms with van der Waals surface area (Å²) in [5.74, 6) is -0.141. The predicted molar refractivity (Wildman–Crippen MR) is 55.0 cm³/mol. The molecule has 6 heteroatoms. The zero-order valence-electron chi connectivity index (χ0n) is 8.06. The van der Waals surface area contributed by atoms with E-state index in [1.807, 2.05) is 0 Å².